The summed E-state index contributed by atoms with van der Waals surface area (Å²) in [6, 6.07) is -0.616. The number of hydrogen-bond donors (Lipinski definition) is 2. The molecule has 0 spiro atoms. The molecule has 0 aliphatic heterocycles. The van der Waals surface area contributed by atoms with E-state index in [9.17, 15) is 4.79 Å². The van der Waals surface area contributed by atoms with Crippen LogP contribution >= 0.6 is 0 Å². The molecular formula is C5H8N2O. The number of amides is 2. The van der Waals surface area contributed by atoms with E-state index in [1.54, 1.807) is 0 Å². The quantitative estimate of drug-likeness (QED) is 0.498. The van der Waals surface area contributed by atoms with Crippen molar-refractivity contribution in [1.29, 1.82) is 0 Å². The molecule has 0 atom stereocenters. The van der Waals surface area contributed by atoms with Gasteiger partial charge in [-0.1, -0.05) is 13.2 Å². The molecule has 0 aromatic rings. The zero-order chi connectivity index (χ0) is 6.57. The van der Waals surface area contributed by atoms with Gasteiger partial charge < -0.3 is 11.1 Å². The highest BCUT2D eigenvalue weighted by Crippen LogP contribution is 1.79. The summed E-state index contributed by atoms with van der Waals surface area (Å²) in [5.41, 5.74) is 5.12. The maximum Gasteiger partial charge on any atom is 0.316 e. The Morgan fingerprint density at radius 2 is 2.25 bits per heavy atom. The van der Waals surface area contributed by atoms with Gasteiger partial charge in [-0.2, -0.15) is 0 Å². The summed E-state index contributed by atoms with van der Waals surface area (Å²) in [4.78, 5) is 9.97. The number of carbonyl (C=O) groups excluding carboxylic acids is 1. The minimum Gasteiger partial charge on any atom is -0.351 e. The predicted octanol–water partition coefficient (Wildman–Crippen LogP) is 0.354. The Morgan fingerprint density at radius 3 is 2.38 bits per heavy atom. The van der Waals surface area contributed by atoms with Gasteiger partial charge in [-0.3, -0.25) is 0 Å². The fourth-order valence-electron chi connectivity index (χ4n) is 0.209. The number of rotatable bonds is 2. The molecule has 0 heterocycles. The van der Waals surface area contributed by atoms with E-state index >= 15 is 0 Å². The maximum absolute atomic E-state index is 9.97. The van der Waals surface area contributed by atoms with Crippen molar-refractivity contribution in [3.05, 3.63) is 24.9 Å². The number of hydrogen-bond acceptors (Lipinski definition) is 1. The Bertz CT molecular complexity index is 128. The molecular weight excluding hydrogens is 104 g/mol. The zero-order valence-corrected chi connectivity index (χ0v) is 4.48. The van der Waals surface area contributed by atoms with E-state index in [-0.39, 0.29) is 0 Å². The molecule has 44 valence electrons. The molecule has 0 aromatic carbocycles. The van der Waals surface area contributed by atoms with Gasteiger partial charge in [0.15, 0.2) is 0 Å². The molecule has 8 heavy (non-hydrogen) atoms. The van der Waals surface area contributed by atoms with Crippen LogP contribution < -0.4 is 11.1 Å². The average Bonchev–Trinajstić information content (AvgIpc) is 1.65. The Kier molecular flexibility index (Phi) is 2.40. The van der Waals surface area contributed by atoms with Crippen molar-refractivity contribution in [1.82, 2.24) is 5.32 Å². The molecule has 0 aliphatic rings. The van der Waals surface area contributed by atoms with Crippen LogP contribution in [0.25, 0.3) is 0 Å². The summed E-state index contributed by atoms with van der Waals surface area (Å²) in [6.07, 6.45) is 1.41. The van der Waals surface area contributed by atoms with Crippen LogP contribution in [0.2, 0.25) is 0 Å². The first kappa shape index (κ1) is 6.75. The molecule has 0 unspecified atom stereocenters. The van der Waals surface area contributed by atoms with Crippen LogP contribution in [0.15, 0.2) is 24.9 Å². The molecule has 0 saturated heterocycles. The van der Waals surface area contributed by atoms with Crippen molar-refractivity contribution in [3.63, 3.8) is 0 Å². The fourth-order valence-corrected chi connectivity index (χ4v) is 0.209. The van der Waals surface area contributed by atoms with E-state index in [1.807, 2.05) is 0 Å². The summed E-state index contributed by atoms with van der Waals surface area (Å²) in [5.74, 6) is 0. The van der Waals surface area contributed by atoms with Gasteiger partial charge in [0.2, 0.25) is 0 Å². The van der Waals surface area contributed by atoms with Crippen molar-refractivity contribution < 1.29 is 4.79 Å². The Labute approximate surface area is 47.9 Å². The van der Waals surface area contributed by atoms with E-state index in [0.29, 0.717) is 5.70 Å². The summed E-state index contributed by atoms with van der Waals surface area (Å²) >= 11 is 0. The van der Waals surface area contributed by atoms with Crippen LogP contribution in [0.5, 0.6) is 0 Å². The number of carbonyl (C=O) groups is 1. The number of nitrogens with one attached hydrogen (secondary N) is 1. The molecule has 2 amide bonds. The monoisotopic (exact) mass is 112 g/mol. The second-order valence-electron chi connectivity index (χ2n) is 1.22. The van der Waals surface area contributed by atoms with Crippen molar-refractivity contribution >= 4 is 6.03 Å². The Hall–Kier alpha value is -1.25. The van der Waals surface area contributed by atoms with Crippen molar-refractivity contribution in [2.45, 2.75) is 0 Å². The molecule has 0 aliphatic carbocycles. The van der Waals surface area contributed by atoms with E-state index < -0.39 is 6.03 Å². The molecule has 0 rings (SSSR count). The van der Waals surface area contributed by atoms with Gasteiger partial charge in [0, 0.05) is 5.70 Å². The zero-order valence-electron chi connectivity index (χ0n) is 4.48. The van der Waals surface area contributed by atoms with Crippen LogP contribution in [0.3, 0.4) is 0 Å². The van der Waals surface area contributed by atoms with Gasteiger partial charge >= 0.3 is 6.03 Å². The lowest BCUT2D eigenvalue weighted by molar-refractivity contribution is 0.251. The minimum absolute atomic E-state index is 0.414. The highest BCUT2D eigenvalue weighted by molar-refractivity contribution is 5.74. The topological polar surface area (TPSA) is 55.1 Å². The summed E-state index contributed by atoms with van der Waals surface area (Å²) in [6.45, 7) is 6.73. The fraction of sp³-hybridized carbons (Fsp3) is 0. The number of nitrogens with two attached hydrogens (primary N) is 1. The molecule has 0 aromatic heterocycles. The molecule has 0 bridgehead atoms. The molecule has 3 N–H and O–H groups in total. The van der Waals surface area contributed by atoms with Crippen molar-refractivity contribution in [2.75, 3.05) is 0 Å². The van der Waals surface area contributed by atoms with Crippen LogP contribution in [0, 0.1) is 0 Å². The molecule has 3 heteroatoms. The third kappa shape index (κ3) is 2.96. The first-order valence-electron chi connectivity index (χ1n) is 2.04. The van der Waals surface area contributed by atoms with Crippen LogP contribution in [-0.2, 0) is 0 Å². The van der Waals surface area contributed by atoms with E-state index in [1.165, 1.54) is 6.08 Å². The van der Waals surface area contributed by atoms with E-state index in [4.69, 9.17) is 5.73 Å². The molecule has 0 fully saturated rings. The first-order valence-corrected chi connectivity index (χ1v) is 2.04. The van der Waals surface area contributed by atoms with E-state index in [2.05, 4.69) is 18.5 Å². The third-order valence-electron chi connectivity index (χ3n) is 0.530. The number of primary amides is 1. The smallest absolute Gasteiger partial charge is 0.316 e. The largest absolute Gasteiger partial charge is 0.351 e. The van der Waals surface area contributed by atoms with Crippen LogP contribution in [0.1, 0.15) is 0 Å². The number of urea groups is 1. The lowest BCUT2D eigenvalue weighted by Gasteiger charge is -1.95. The number of allylic oxidation sites excluding steroid dienone is 1. The van der Waals surface area contributed by atoms with Crippen molar-refractivity contribution in [3.8, 4) is 0 Å². The molecule has 3 nitrogen and oxygen atoms in total. The second-order valence-corrected chi connectivity index (χ2v) is 1.22. The van der Waals surface area contributed by atoms with Gasteiger partial charge in [-0.15, -0.1) is 0 Å². The first-order chi connectivity index (χ1) is 3.66. The SMILES string of the molecule is C=CC(=C)NC(N)=O. The lowest BCUT2D eigenvalue weighted by Crippen LogP contribution is -2.27. The van der Waals surface area contributed by atoms with Gasteiger partial charge in [-0.25, -0.2) is 4.79 Å². The van der Waals surface area contributed by atoms with Crippen LogP contribution in [-0.4, -0.2) is 6.03 Å². The summed E-state index contributed by atoms with van der Waals surface area (Å²) < 4.78 is 0. The van der Waals surface area contributed by atoms with Crippen LogP contribution in [0.4, 0.5) is 4.79 Å². The van der Waals surface area contributed by atoms with Gasteiger partial charge in [0.1, 0.15) is 0 Å². The normalized spacial score (nSPS) is 7.50. The standard InChI is InChI=1S/C5H8N2O/c1-3-4(2)7-5(6)8/h3H,1-2H2,(H3,6,7,8). The second kappa shape index (κ2) is 2.85. The Balaban J connectivity index is 3.55. The maximum atomic E-state index is 9.97. The van der Waals surface area contributed by atoms with Gasteiger partial charge in [0.25, 0.3) is 0 Å². The minimum atomic E-state index is -0.616. The molecule has 0 radical (unpaired) electrons. The Morgan fingerprint density at radius 1 is 1.75 bits per heavy atom. The van der Waals surface area contributed by atoms with Crippen molar-refractivity contribution in [2.24, 2.45) is 5.73 Å². The highest BCUT2D eigenvalue weighted by Gasteiger charge is 1.87. The highest BCUT2D eigenvalue weighted by atomic mass is 16.2. The molecule has 0 saturated carbocycles. The average molecular weight is 112 g/mol. The van der Waals surface area contributed by atoms with Gasteiger partial charge in [0.05, 0.1) is 0 Å². The van der Waals surface area contributed by atoms with E-state index in [0.717, 1.165) is 0 Å². The summed E-state index contributed by atoms with van der Waals surface area (Å²) in [5, 5.41) is 2.22. The summed E-state index contributed by atoms with van der Waals surface area (Å²) in [7, 11) is 0. The predicted molar refractivity (Wildman–Crippen MR) is 32.1 cm³/mol. The third-order valence-corrected chi connectivity index (χ3v) is 0.530. The lowest BCUT2D eigenvalue weighted by atomic mass is 10.5. The van der Waals surface area contributed by atoms with Gasteiger partial charge in [-0.05, 0) is 6.08 Å².